The average Bonchev–Trinajstić information content (AvgIpc) is 2.77. The predicted molar refractivity (Wildman–Crippen MR) is 87.0 cm³/mol. The molecule has 0 saturated heterocycles. The molecule has 0 aliphatic rings. The molecule has 0 aliphatic heterocycles. The zero-order chi connectivity index (χ0) is 14.8. The lowest BCUT2D eigenvalue weighted by atomic mass is 10.1. The fraction of sp³-hybridized carbons (Fsp3) is 0.0625. The Bertz CT molecular complexity index is 748. The molecule has 0 bridgehead atoms. The Hall–Kier alpha value is -2.46. The first-order chi connectivity index (χ1) is 10.1. The molecule has 0 unspecified atom stereocenters. The Morgan fingerprint density at radius 3 is 2.29 bits per heavy atom. The fourth-order valence-electron chi connectivity index (χ4n) is 2.27. The van der Waals surface area contributed by atoms with Crippen molar-refractivity contribution < 1.29 is 0 Å². The molecule has 0 amide bonds. The van der Waals surface area contributed by atoms with Gasteiger partial charge in [0.1, 0.15) is 5.69 Å². The number of hydrogen-bond acceptors (Lipinski definition) is 3. The minimum absolute atomic E-state index is 0.350. The molecule has 1 aromatic heterocycles. The Kier molecular flexibility index (Phi) is 3.54. The van der Waals surface area contributed by atoms with Gasteiger partial charge in [-0.1, -0.05) is 54.1 Å². The van der Waals surface area contributed by atoms with E-state index in [0.29, 0.717) is 23.1 Å². The first-order valence-electron chi connectivity index (χ1n) is 6.57. The van der Waals surface area contributed by atoms with E-state index in [0.717, 1.165) is 16.8 Å². The topological polar surface area (TPSA) is 69.9 Å². The monoisotopic (exact) mass is 298 g/mol. The molecule has 3 aromatic rings. The van der Waals surface area contributed by atoms with Gasteiger partial charge in [0.2, 0.25) is 0 Å². The summed E-state index contributed by atoms with van der Waals surface area (Å²) in [6, 6.07) is 17.5. The summed E-state index contributed by atoms with van der Waals surface area (Å²) in [4.78, 5) is 0. The highest BCUT2D eigenvalue weighted by molar-refractivity contribution is 6.30. The zero-order valence-electron chi connectivity index (χ0n) is 11.3. The van der Waals surface area contributed by atoms with Crippen molar-refractivity contribution in [2.24, 2.45) is 0 Å². The van der Waals surface area contributed by atoms with Crippen LogP contribution in [-0.4, -0.2) is 9.78 Å². The van der Waals surface area contributed by atoms with Crippen molar-refractivity contribution in [1.82, 2.24) is 9.78 Å². The van der Waals surface area contributed by atoms with E-state index >= 15 is 0 Å². The lowest BCUT2D eigenvalue weighted by molar-refractivity contribution is 0.698. The number of benzene rings is 2. The van der Waals surface area contributed by atoms with Crippen LogP contribution in [0, 0.1) is 0 Å². The van der Waals surface area contributed by atoms with Crippen LogP contribution >= 0.6 is 11.6 Å². The Labute approximate surface area is 128 Å². The highest BCUT2D eigenvalue weighted by Gasteiger charge is 2.15. The lowest BCUT2D eigenvalue weighted by Gasteiger charge is -2.08. The molecule has 4 N–H and O–H groups in total. The number of rotatable bonds is 3. The van der Waals surface area contributed by atoms with Crippen molar-refractivity contribution in [3.63, 3.8) is 0 Å². The van der Waals surface area contributed by atoms with Crippen molar-refractivity contribution in [2.75, 3.05) is 11.5 Å². The van der Waals surface area contributed by atoms with Gasteiger partial charge in [0.25, 0.3) is 0 Å². The highest BCUT2D eigenvalue weighted by Crippen LogP contribution is 2.30. The lowest BCUT2D eigenvalue weighted by Crippen LogP contribution is -2.04. The molecule has 21 heavy (non-hydrogen) atoms. The second-order valence-corrected chi connectivity index (χ2v) is 5.23. The molecule has 0 aliphatic carbocycles. The number of nitrogens with zero attached hydrogens (tertiary/aromatic N) is 2. The summed E-state index contributed by atoms with van der Waals surface area (Å²) in [7, 11) is 0. The second kappa shape index (κ2) is 5.50. The summed E-state index contributed by atoms with van der Waals surface area (Å²) in [5, 5.41) is 5.05. The van der Waals surface area contributed by atoms with E-state index in [4.69, 9.17) is 23.1 Å². The summed E-state index contributed by atoms with van der Waals surface area (Å²) >= 11 is 5.91. The third kappa shape index (κ3) is 2.71. The molecule has 3 rings (SSSR count). The summed E-state index contributed by atoms with van der Waals surface area (Å²) < 4.78 is 1.82. The normalized spacial score (nSPS) is 10.7. The van der Waals surface area contributed by atoms with Crippen molar-refractivity contribution in [3.05, 3.63) is 65.2 Å². The van der Waals surface area contributed by atoms with Crippen LogP contribution in [0.5, 0.6) is 0 Å². The SMILES string of the molecule is Nc1nn(Cc2ccc(Cl)cc2)c(-c2ccccc2)c1N. The van der Waals surface area contributed by atoms with Gasteiger partial charge in [-0.15, -0.1) is 0 Å². The molecule has 106 valence electrons. The van der Waals surface area contributed by atoms with E-state index in [2.05, 4.69) is 5.10 Å². The Balaban J connectivity index is 2.03. The smallest absolute Gasteiger partial charge is 0.169 e. The van der Waals surface area contributed by atoms with Crippen LogP contribution < -0.4 is 11.5 Å². The summed E-state index contributed by atoms with van der Waals surface area (Å²) in [6.07, 6.45) is 0. The largest absolute Gasteiger partial charge is 0.394 e. The summed E-state index contributed by atoms with van der Waals surface area (Å²) in [5.41, 5.74) is 15.4. The number of nitrogens with two attached hydrogens (primary N) is 2. The van der Waals surface area contributed by atoms with Gasteiger partial charge in [0.05, 0.1) is 12.2 Å². The van der Waals surface area contributed by atoms with Gasteiger partial charge in [-0.3, -0.25) is 4.68 Å². The molecular weight excluding hydrogens is 284 g/mol. The number of hydrogen-bond donors (Lipinski definition) is 2. The van der Waals surface area contributed by atoms with Crippen LogP contribution in [0.4, 0.5) is 11.5 Å². The standard InChI is InChI=1S/C16H15ClN4/c17-13-8-6-11(7-9-13)10-21-15(14(18)16(19)20-21)12-4-2-1-3-5-12/h1-9H,10,18H2,(H2,19,20). The van der Waals surface area contributed by atoms with E-state index in [-0.39, 0.29) is 0 Å². The average molecular weight is 299 g/mol. The molecule has 0 saturated carbocycles. The van der Waals surface area contributed by atoms with E-state index < -0.39 is 0 Å². The van der Waals surface area contributed by atoms with Gasteiger partial charge < -0.3 is 11.5 Å². The molecular formula is C16H15ClN4. The third-order valence-electron chi connectivity index (χ3n) is 3.31. The van der Waals surface area contributed by atoms with E-state index in [9.17, 15) is 0 Å². The summed E-state index contributed by atoms with van der Waals surface area (Å²) in [5.74, 6) is 0.350. The molecule has 5 heteroatoms. The minimum atomic E-state index is 0.350. The van der Waals surface area contributed by atoms with Gasteiger partial charge in [0.15, 0.2) is 5.82 Å². The van der Waals surface area contributed by atoms with E-state index in [1.807, 2.05) is 59.3 Å². The van der Waals surface area contributed by atoms with Crippen molar-refractivity contribution in [1.29, 1.82) is 0 Å². The van der Waals surface area contributed by atoms with Crippen molar-refractivity contribution in [2.45, 2.75) is 6.54 Å². The molecule has 0 radical (unpaired) electrons. The molecule has 1 heterocycles. The molecule has 2 aromatic carbocycles. The predicted octanol–water partition coefficient (Wildman–Crippen LogP) is 3.42. The van der Waals surface area contributed by atoms with Crippen LogP contribution in [0.1, 0.15) is 5.56 Å². The van der Waals surface area contributed by atoms with Gasteiger partial charge in [-0.05, 0) is 17.7 Å². The van der Waals surface area contributed by atoms with Crippen LogP contribution in [0.25, 0.3) is 11.3 Å². The van der Waals surface area contributed by atoms with Gasteiger partial charge in [-0.2, -0.15) is 5.10 Å². The second-order valence-electron chi connectivity index (χ2n) is 4.80. The van der Waals surface area contributed by atoms with Crippen LogP contribution in [0.15, 0.2) is 54.6 Å². The highest BCUT2D eigenvalue weighted by atomic mass is 35.5. The maximum absolute atomic E-state index is 6.08. The molecule has 0 atom stereocenters. The van der Waals surface area contributed by atoms with E-state index in [1.54, 1.807) is 0 Å². The minimum Gasteiger partial charge on any atom is -0.394 e. The fourth-order valence-corrected chi connectivity index (χ4v) is 2.40. The molecule has 0 fully saturated rings. The first kappa shape index (κ1) is 13.5. The maximum atomic E-state index is 6.08. The third-order valence-corrected chi connectivity index (χ3v) is 3.56. The number of aromatic nitrogens is 2. The maximum Gasteiger partial charge on any atom is 0.169 e. The van der Waals surface area contributed by atoms with Gasteiger partial charge in [-0.25, -0.2) is 0 Å². The quantitative estimate of drug-likeness (QED) is 0.778. The van der Waals surface area contributed by atoms with E-state index in [1.165, 1.54) is 0 Å². The molecule has 0 spiro atoms. The van der Waals surface area contributed by atoms with Crippen molar-refractivity contribution >= 4 is 23.1 Å². The van der Waals surface area contributed by atoms with Gasteiger partial charge >= 0.3 is 0 Å². The van der Waals surface area contributed by atoms with Crippen LogP contribution in [0.2, 0.25) is 5.02 Å². The van der Waals surface area contributed by atoms with Crippen LogP contribution in [-0.2, 0) is 6.54 Å². The Morgan fingerprint density at radius 2 is 1.62 bits per heavy atom. The number of nitrogen functional groups attached to an aromatic ring is 2. The zero-order valence-corrected chi connectivity index (χ0v) is 12.1. The number of anilines is 2. The first-order valence-corrected chi connectivity index (χ1v) is 6.94. The summed E-state index contributed by atoms with van der Waals surface area (Å²) in [6.45, 7) is 0.586. The van der Waals surface area contributed by atoms with Crippen molar-refractivity contribution in [3.8, 4) is 11.3 Å². The van der Waals surface area contributed by atoms with Gasteiger partial charge in [0, 0.05) is 10.6 Å². The number of halogens is 1. The van der Waals surface area contributed by atoms with Crippen LogP contribution in [0.3, 0.4) is 0 Å². The molecule has 4 nitrogen and oxygen atoms in total. The Morgan fingerprint density at radius 1 is 0.952 bits per heavy atom.